The van der Waals surface area contributed by atoms with Gasteiger partial charge in [-0.2, -0.15) is 8.42 Å². The molecule has 4 nitrogen and oxygen atoms in total. The molecule has 0 aliphatic carbocycles. The fourth-order valence-corrected chi connectivity index (χ4v) is 4.01. The van der Waals surface area contributed by atoms with E-state index in [2.05, 4.69) is 20.8 Å². The third-order valence-electron chi connectivity index (χ3n) is 4.47. The molecule has 3 aromatic rings. The summed E-state index contributed by atoms with van der Waals surface area (Å²) < 4.78 is 36.3. The Morgan fingerprint density at radius 3 is 1.90 bits per heavy atom. The van der Waals surface area contributed by atoms with Crippen molar-refractivity contribution in [3.63, 3.8) is 0 Å². The van der Waals surface area contributed by atoms with Gasteiger partial charge in [0.2, 0.25) is 0 Å². The predicted molar refractivity (Wildman–Crippen MR) is 114 cm³/mol. The SMILES string of the molecule is CC(C)(C)C(OCc1ccccc1)c1ccc(OS(=O)(=O)c2ccccc2)cc1. The smallest absolute Gasteiger partial charge is 0.339 e. The van der Waals surface area contributed by atoms with Gasteiger partial charge in [0.25, 0.3) is 0 Å². The maximum absolute atomic E-state index is 12.4. The lowest BCUT2D eigenvalue weighted by Gasteiger charge is -2.31. The van der Waals surface area contributed by atoms with E-state index in [1.807, 2.05) is 42.5 Å². The quantitative estimate of drug-likeness (QED) is 0.465. The normalized spacial score (nSPS) is 13.1. The molecule has 152 valence electrons. The molecular formula is C24H26O4S. The van der Waals surface area contributed by atoms with E-state index in [0.717, 1.165) is 11.1 Å². The lowest BCUT2D eigenvalue weighted by Crippen LogP contribution is -2.21. The van der Waals surface area contributed by atoms with Gasteiger partial charge in [-0.25, -0.2) is 0 Å². The van der Waals surface area contributed by atoms with E-state index < -0.39 is 10.1 Å². The third kappa shape index (κ3) is 5.68. The van der Waals surface area contributed by atoms with Gasteiger partial charge >= 0.3 is 10.1 Å². The van der Waals surface area contributed by atoms with Crippen molar-refractivity contribution >= 4 is 10.1 Å². The van der Waals surface area contributed by atoms with Crippen LogP contribution in [-0.4, -0.2) is 8.42 Å². The van der Waals surface area contributed by atoms with E-state index in [1.54, 1.807) is 30.3 Å². The van der Waals surface area contributed by atoms with Crippen LogP contribution in [0.4, 0.5) is 0 Å². The molecule has 0 fully saturated rings. The molecule has 0 spiro atoms. The largest absolute Gasteiger partial charge is 0.379 e. The van der Waals surface area contributed by atoms with Gasteiger partial charge in [-0.3, -0.25) is 0 Å². The first-order valence-electron chi connectivity index (χ1n) is 9.51. The molecule has 0 aliphatic rings. The Balaban J connectivity index is 1.75. The van der Waals surface area contributed by atoms with Gasteiger partial charge in [0.05, 0.1) is 12.7 Å². The minimum atomic E-state index is -3.85. The second-order valence-electron chi connectivity index (χ2n) is 7.96. The molecule has 0 saturated heterocycles. The van der Waals surface area contributed by atoms with Crippen molar-refractivity contribution in [1.82, 2.24) is 0 Å². The lowest BCUT2D eigenvalue weighted by molar-refractivity contribution is -0.0304. The number of benzene rings is 3. The monoisotopic (exact) mass is 410 g/mol. The van der Waals surface area contributed by atoms with Crippen LogP contribution < -0.4 is 4.18 Å². The Kier molecular flexibility index (Phi) is 6.40. The summed E-state index contributed by atoms with van der Waals surface area (Å²) in [7, 11) is -3.85. The first-order chi connectivity index (χ1) is 13.8. The van der Waals surface area contributed by atoms with Crippen molar-refractivity contribution < 1.29 is 17.3 Å². The molecule has 0 aliphatic heterocycles. The summed E-state index contributed by atoms with van der Waals surface area (Å²) in [4.78, 5) is 0.128. The number of rotatable bonds is 7. The predicted octanol–water partition coefficient (Wildman–Crippen LogP) is 5.76. The summed E-state index contributed by atoms with van der Waals surface area (Å²) in [5, 5.41) is 0. The molecule has 3 rings (SSSR count). The first-order valence-corrected chi connectivity index (χ1v) is 10.9. The highest BCUT2D eigenvalue weighted by atomic mass is 32.2. The van der Waals surface area contributed by atoms with Crippen molar-refractivity contribution in [3.05, 3.63) is 96.1 Å². The van der Waals surface area contributed by atoms with Crippen LogP contribution in [0.15, 0.2) is 89.8 Å². The van der Waals surface area contributed by atoms with Crippen LogP contribution in [0.5, 0.6) is 5.75 Å². The molecule has 1 atom stereocenters. The molecule has 0 heterocycles. The van der Waals surface area contributed by atoms with Gasteiger partial charge in [-0.1, -0.05) is 81.4 Å². The van der Waals surface area contributed by atoms with Crippen LogP contribution in [0.25, 0.3) is 0 Å². The second-order valence-corrected chi connectivity index (χ2v) is 9.51. The zero-order chi connectivity index (χ0) is 20.9. The minimum Gasteiger partial charge on any atom is -0.379 e. The van der Waals surface area contributed by atoms with E-state index in [9.17, 15) is 8.42 Å². The second kappa shape index (κ2) is 8.80. The number of hydrogen-bond acceptors (Lipinski definition) is 4. The van der Waals surface area contributed by atoms with Crippen molar-refractivity contribution in [2.45, 2.75) is 38.4 Å². The van der Waals surface area contributed by atoms with Crippen LogP contribution in [0.3, 0.4) is 0 Å². The van der Waals surface area contributed by atoms with Crippen LogP contribution in [-0.2, 0) is 21.5 Å². The maximum Gasteiger partial charge on any atom is 0.339 e. The van der Waals surface area contributed by atoms with Gasteiger partial charge in [0, 0.05) is 0 Å². The van der Waals surface area contributed by atoms with E-state index >= 15 is 0 Å². The molecule has 0 N–H and O–H groups in total. The van der Waals surface area contributed by atoms with E-state index in [-0.39, 0.29) is 22.2 Å². The molecule has 29 heavy (non-hydrogen) atoms. The molecule has 0 bridgehead atoms. The highest BCUT2D eigenvalue weighted by molar-refractivity contribution is 7.87. The van der Waals surface area contributed by atoms with Gasteiger partial charge in [-0.05, 0) is 40.8 Å². The third-order valence-corrected chi connectivity index (χ3v) is 5.73. The maximum atomic E-state index is 12.4. The van der Waals surface area contributed by atoms with Gasteiger partial charge in [-0.15, -0.1) is 0 Å². The average Bonchev–Trinajstić information content (AvgIpc) is 2.70. The highest BCUT2D eigenvalue weighted by Gasteiger charge is 2.27. The van der Waals surface area contributed by atoms with Gasteiger partial charge in [0.1, 0.15) is 10.6 Å². The molecule has 5 heteroatoms. The van der Waals surface area contributed by atoms with E-state index in [1.165, 1.54) is 12.1 Å². The molecule has 0 amide bonds. The first kappa shape index (κ1) is 21.1. The van der Waals surface area contributed by atoms with E-state index in [4.69, 9.17) is 8.92 Å². The summed E-state index contributed by atoms with van der Waals surface area (Å²) >= 11 is 0. The summed E-state index contributed by atoms with van der Waals surface area (Å²) in [5.74, 6) is 0.272. The van der Waals surface area contributed by atoms with Gasteiger partial charge < -0.3 is 8.92 Å². The Hall–Kier alpha value is -2.63. The van der Waals surface area contributed by atoms with Crippen LogP contribution in [0.1, 0.15) is 38.0 Å². The summed E-state index contributed by atoms with van der Waals surface area (Å²) in [6.07, 6.45) is -0.150. The van der Waals surface area contributed by atoms with E-state index in [0.29, 0.717) is 6.61 Å². The number of ether oxygens (including phenoxy) is 1. The van der Waals surface area contributed by atoms with Crippen molar-refractivity contribution in [2.24, 2.45) is 5.41 Å². The van der Waals surface area contributed by atoms with Crippen molar-refractivity contribution in [2.75, 3.05) is 0 Å². The standard InChI is InChI=1S/C24H26O4S/c1-24(2,3)23(27-18-19-10-6-4-7-11-19)20-14-16-21(17-15-20)28-29(25,26)22-12-8-5-9-13-22/h4-17,23H,18H2,1-3H3. The average molecular weight is 411 g/mol. The Morgan fingerprint density at radius 2 is 1.34 bits per heavy atom. The van der Waals surface area contributed by atoms with Gasteiger partial charge in [0.15, 0.2) is 0 Å². The van der Waals surface area contributed by atoms with Crippen LogP contribution >= 0.6 is 0 Å². The fraction of sp³-hybridized carbons (Fsp3) is 0.250. The summed E-state index contributed by atoms with van der Waals surface area (Å²) in [6, 6.07) is 25.2. The van der Waals surface area contributed by atoms with Crippen molar-refractivity contribution in [3.8, 4) is 5.75 Å². The Labute approximate surface area is 173 Å². The summed E-state index contributed by atoms with van der Waals surface area (Å²) in [6.45, 7) is 6.86. The zero-order valence-electron chi connectivity index (χ0n) is 16.9. The molecule has 0 radical (unpaired) electrons. The topological polar surface area (TPSA) is 52.6 Å². The zero-order valence-corrected chi connectivity index (χ0v) is 17.7. The van der Waals surface area contributed by atoms with Crippen LogP contribution in [0, 0.1) is 5.41 Å². The molecule has 0 aromatic heterocycles. The summed E-state index contributed by atoms with van der Waals surface area (Å²) in [5.41, 5.74) is 1.95. The van der Waals surface area contributed by atoms with Crippen LogP contribution in [0.2, 0.25) is 0 Å². The molecular weight excluding hydrogens is 384 g/mol. The molecule has 1 unspecified atom stereocenters. The van der Waals surface area contributed by atoms with Crippen molar-refractivity contribution in [1.29, 1.82) is 0 Å². The lowest BCUT2D eigenvalue weighted by atomic mass is 9.84. The Bertz CT molecular complexity index is 1010. The fourth-order valence-electron chi connectivity index (χ4n) is 3.06. The molecule has 0 saturated carbocycles. The minimum absolute atomic E-state index is 0.128. The highest BCUT2D eigenvalue weighted by Crippen LogP contribution is 2.37. The molecule has 3 aromatic carbocycles. The Morgan fingerprint density at radius 1 is 0.793 bits per heavy atom. The number of hydrogen-bond donors (Lipinski definition) is 0.